The highest BCUT2D eigenvalue weighted by atomic mass is 16.5. The molecule has 3 aromatic carbocycles. The molecule has 1 amide bonds. The van der Waals surface area contributed by atoms with E-state index in [0.29, 0.717) is 47.9 Å². The molecule has 4 rings (SSSR count). The molecule has 0 spiro atoms. The summed E-state index contributed by atoms with van der Waals surface area (Å²) in [5, 5.41) is 0.509. The van der Waals surface area contributed by atoms with Crippen molar-refractivity contribution in [3.05, 3.63) is 101 Å². The van der Waals surface area contributed by atoms with E-state index in [1.54, 1.807) is 15.5 Å². The van der Waals surface area contributed by atoms with Crippen LogP contribution in [0.2, 0.25) is 0 Å². The average molecular weight is 528 g/mol. The predicted octanol–water partition coefficient (Wildman–Crippen LogP) is 6.08. The van der Waals surface area contributed by atoms with Crippen molar-refractivity contribution < 1.29 is 14.3 Å². The van der Waals surface area contributed by atoms with Gasteiger partial charge in [-0.05, 0) is 50.1 Å². The van der Waals surface area contributed by atoms with Crippen molar-refractivity contribution in [2.75, 3.05) is 19.8 Å². The molecule has 4 aromatic rings. The third kappa shape index (κ3) is 6.73. The van der Waals surface area contributed by atoms with Crippen LogP contribution in [0.4, 0.5) is 0 Å². The van der Waals surface area contributed by atoms with Gasteiger partial charge >= 0.3 is 0 Å². The largest absolute Gasteiger partial charge is 0.492 e. The molecule has 0 saturated heterocycles. The van der Waals surface area contributed by atoms with Gasteiger partial charge in [0.05, 0.1) is 35.8 Å². The Kier molecular flexibility index (Phi) is 9.86. The lowest BCUT2D eigenvalue weighted by Crippen LogP contribution is -2.40. The number of amides is 1. The molecule has 0 saturated carbocycles. The molecule has 1 atom stereocenters. The molecular weight excluding hydrogens is 490 g/mol. The van der Waals surface area contributed by atoms with Crippen LogP contribution >= 0.6 is 0 Å². The third-order valence-corrected chi connectivity index (χ3v) is 6.71. The number of benzene rings is 3. The molecule has 0 fully saturated rings. The second-order valence-corrected chi connectivity index (χ2v) is 9.48. The van der Waals surface area contributed by atoms with Crippen LogP contribution in [0, 0.1) is 0 Å². The normalized spacial score (nSPS) is 11.9. The Bertz CT molecular complexity index is 1430. The Morgan fingerprint density at radius 3 is 2.44 bits per heavy atom. The van der Waals surface area contributed by atoms with E-state index < -0.39 is 6.04 Å². The minimum absolute atomic E-state index is 0.0568. The van der Waals surface area contributed by atoms with E-state index in [-0.39, 0.29) is 18.1 Å². The molecule has 39 heavy (non-hydrogen) atoms. The molecule has 0 aliphatic carbocycles. The first-order chi connectivity index (χ1) is 19.0. The van der Waals surface area contributed by atoms with Gasteiger partial charge in [-0.1, -0.05) is 74.4 Å². The summed E-state index contributed by atoms with van der Waals surface area (Å²) in [6.45, 7) is 7.26. The number of fused-ring (bicyclic) bond motifs is 1. The maximum Gasteiger partial charge on any atom is 0.266 e. The second kappa shape index (κ2) is 13.7. The van der Waals surface area contributed by atoms with Crippen LogP contribution in [0.15, 0.2) is 83.7 Å². The van der Waals surface area contributed by atoms with Crippen molar-refractivity contribution >= 4 is 16.8 Å². The van der Waals surface area contributed by atoms with E-state index in [1.165, 1.54) is 0 Å². The standard InChI is InChI=1S/C32H37N3O4/c1-4-6-14-21-34(30(36)23-38-22-25-15-8-7-9-16-25)24(3)31-33-27-18-11-10-17-26(27)32(37)35(31)28-19-12-13-20-29(28)39-5-2/h7-13,15-20,24H,4-6,14,21-23H2,1-3H3. The summed E-state index contributed by atoms with van der Waals surface area (Å²) >= 11 is 0. The van der Waals surface area contributed by atoms with E-state index in [9.17, 15) is 9.59 Å². The summed E-state index contributed by atoms with van der Waals surface area (Å²) in [5.74, 6) is 0.933. The molecule has 0 aliphatic heterocycles. The van der Waals surface area contributed by atoms with E-state index >= 15 is 0 Å². The van der Waals surface area contributed by atoms with Crippen LogP contribution in [0.5, 0.6) is 5.75 Å². The molecule has 1 aromatic heterocycles. The van der Waals surface area contributed by atoms with Crippen molar-refractivity contribution in [2.45, 2.75) is 52.7 Å². The van der Waals surface area contributed by atoms with Crippen LogP contribution in [0.25, 0.3) is 16.6 Å². The minimum atomic E-state index is -0.485. The number of carbonyl (C=O) groups excluding carboxylic acids is 1. The molecule has 0 radical (unpaired) electrons. The Labute approximate surface area is 230 Å². The third-order valence-electron chi connectivity index (χ3n) is 6.71. The molecule has 7 heteroatoms. The van der Waals surface area contributed by atoms with Gasteiger partial charge in [0.2, 0.25) is 5.91 Å². The number of carbonyl (C=O) groups is 1. The van der Waals surface area contributed by atoms with Crippen molar-refractivity contribution in [1.29, 1.82) is 0 Å². The number of hydrogen-bond donors (Lipinski definition) is 0. The highest BCUT2D eigenvalue weighted by Gasteiger charge is 2.27. The number of rotatable bonds is 13. The highest BCUT2D eigenvalue weighted by molar-refractivity contribution is 5.79. The van der Waals surface area contributed by atoms with Gasteiger partial charge in [0.25, 0.3) is 5.56 Å². The van der Waals surface area contributed by atoms with Gasteiger partial charge in [-0.2, -0.15) is 0 Å². The summed E-state index contributed by atoms with van der Waals surface area (Å²) in [4.78, 5) is 34.2. The van der Waals surface area contributed by atoms with Gasteiger partial charge < -0.3 is 14.4 Å². The number of ether oxygens (including phenoxy) is 2. The van der Waals surface area contributed by atoms with Crippen molar-refractivity contribution in [2.24, 2.45) is 0 Å². The van der Waals surface area contributed by atoms with Crippen LogP contribution in [-0.4, -0.2) is 40.1 Å². The molecule has 1 unspecified atom stereocenters. The van der Waals surface area contributed by atoms with E-state index in [2.05, 4.69) is 6.92 Å². The maximum absolute atomic E-state index is 13.9. The van der Waals surface area contributed by atoms with E-state index in [0.717, 1.165) is 24.8 Å². The quantitative estimate of drug-likeness (QED) is 0.197. The van der Waals surface area contributed by atoms with E-state index in [4.69, 9.17) is 14.5 Å². The molecular formula is C32H37N3O4. The van der Waals surface area contributed by atoms with Crippen molar-refractivity contribution in [3.63, 3.8) is 0 Å². The lowest BCUT2D eigenvalue weighted by molar-refractivity contribution is -0.139. The Morgan fingerprint density at radius 2 is 1.67 bits per heavy atom. The fourth-order valence-electron chi connectivity index (χ4n) is 4.70. The zero-order chi connectivity index (χ0) is 27.6. The zero-order valence-corrected chi connectivity index (χ0v) is 23.0. The first-order valence-corrected chi connectivity index (χ1v) is 13.7. The van der Waals surface area contributed by atoms with Gasteiger partial charge in [0, 0.05) is 6.54 Å². The highest BCUT2D eigenvalue weighted by Crippen LogP contribution is 2.28. The van der Waals surface area contributed by atoms with Crippen molar-refractivity contribution in [1.82, 2.24) is 14.5 Å². The molecule has 0 N–H and O–H groups in total. The van der Waals surface area contributed by atoms with Crippen LogP contribution in [0.1, 0.15) is 57.5 Å². The first-order valence-electron chi connectivity index (χ1n) is 13.7. The molecule has 1 heterocycles. The van der Waals surface area contributed by atoms with E-state index in [1.807, 2.05) is 86.6 Å². The summed E-state index contributed by atoms with van der Waals surface area (Å²) in [6, 6.07) is 24.1. The molecule has 0 bridgehead atoms. The van der Waals surface area contributed by atoms with Gasteiger partial charge in [-0.25, -0.2) is 4.98 Å². The fraction of sp³-hybridized carbons (Fsp3) is 0.344. The van der Waals surface area contributed by atoms with Crippen LogP contribution in [-0.2, 0) is 16.1 Å². The summed E-state index contributed by atoms with van der Waals surface area (Å²) < 4.78 is 13.3. The van der Waals surface area contributed by atoms with Crippen molar-refractivity contribution in [3.8, 4) is 11.4 Å². The minimum Gasteiger partial charge on any atom is -0.492 e. The lowest BCUT2D eigenvalue weighted by atomic mass is 10.1. The molecule has 7 nitrogen and oxygen atoms in total. The topological polar surface area (TPSA) is 73.7 Å². The Balaban J connectivity index is 1.74. The number of hydrogen-bond acceptors (Lipinski definition) is 5. The first kappa shape index (κ1) is 28.0. The number of aromatic nitrogens is 2. The molecule has 0 aliphatic rings. The van der Waals surface area contributed by atoms with Crippen LogP contribution in [0.3, 0.4) is 0 Å². The maximum atomic E-state index is 13.9. The number of para-hydroxylation sites is 3. The SMILES string of the molecule is CCCCCN(C(=O)COCc1ccccc1)C(C)c1nc2ccccc2c(=O)n1-c1ccccc1OCC. The smallest absolute Gasteiger partial charge is 0.266 e. The van der Waals surface area contributed by atoms with Gasteiger partial charge in [0.15, 0.2) is 0 Å². The van der Waals surface area contributed by atoms with Gasteiger partial charge in [0.1, 0.15) is 18.2 Å². The Hall–Kier alpha value is -3.97. The average Bonchev–Trinajstić information content (AvgIpc) is 2.96. The second-order valence-electron chi connectivity index (χ2n) is 9.48. The van der Waals surface area contributed by atoms with Crippen LogP contribution < -0.4 is 10.3 Å². The molecule has 204 valence electrons. The number of nitrogens with zero attached hydrogens (tertiary/aromatic N) is 3. The van der Waals surface area contributed by atoms with Gasteiger partial charge in [-0.15, -0.1) is 0 Å². The zero-order valence-electron chi connectivity index (χ0n) is 23.0. The summed E-state index contributed by atoms with van der Waals surface area (Å²) in [5.41, 5.74) is 2.01. The summed E-state index contributed by atoms with van der Waals surface area (Å²) in [6.07, 6.45) is 2.87. The van der Waals surface area contributed by atoms with Gasteiger partial charge in [-0.3, -0.25) is 14.2 Å². The monoisotopic (exact) mass is 527 g/mol. The fourth-order valence-corrected chi connectivity index (χ4v) is 4.70. The predicted molar refractivity (Wildman–Crippen MR) is 154 cm³/mol. The summed E-state index contributed by atoms with van der Waals surface area (Å²) in [7, 11) is 0. The number of unbranched alkanes of at least 4 members (excludes halogenated alkanes) is 2. The Morgan fingerprint density at radius 1 is 0.949 bits per heavy atom. The lowest BCUT2D eigenvalue weighted by Gasteiger charge is -2.31.